The van der Waals surface area contributed by atoms with Crippen LogP contribution in [0.3, 0.4) is 0 Å². The number of nitrogens with zero attached hydrogens (tertiary/aromatic N) is 1. The number of hydrogen-bond donors (Lipinski definition) is 1. The molecule has 0 saturated heterocycles. The minimum absolute atomic E-state index is 0.211. The summed E-state index contributed by atoms with van der Waals surface area (Å²) >= 11 is 0. The fraction of sp³-hybridized carbons (Fsp3) is 0.133. The predicted octanol–water partition coefficient (Wildman–Crippen LogP) is 1.27. The van der Waals surface area contributed by atoms with E-state index < -0.39 is 27.9 Å². The Morgan fingerprint density at radius 2 is 1.96 bits per heavy atom. The summed E-state index contributed by atoms with van der Waals surface area (Å²) in [5.74, 6) is -1.22. The molecule has 0 bridgehead atoms. The number of rotatable bonds is 3. The molecule has 2 aromatic rings. The minimum Gasteiger partial charge on any atom is -0.476 e. The number of benzene rings is 2. The Kier molecular flexibility index (Phi) is 3.69. The van der Waals surface area contributed by atoms with Crippen molar-refractivity contribution in [1.29, 1.82) is 0 Å². The first kappa shape index (κ1) is 15.3. The largest absolute Gasteiger partial charge is 0.476 e. The maximum atomic E-state index is 13.4. The maximum Gasteiger partial charge on any atom is 0.264 e. The van der Waals surface area contributed by atoms with E-state index in [1.807, 2.05) is 0 Å². The number of carbonyl (C=O) groups is 1. The lowest BCUT2D eigenvalue weighted by Gasteiger charge is -2.34. The molecule has 120 valence electrons. The predicted molar refractivity (Wildman–Crippen MR) is 81.0 cm³/mol. The van der Waals surface area contributed by atoms with Crippen LogP contribution in [0.4, 0.5) is 10.1 Å². The van der Waals surface area contributed by atoms with Crippen molar-refractivity contribution in [3.05, 3.63) is 54.3 Å². The van der Waals surface area contributed by atoms with Crippen LogP contribution >= 0.6 is 0 Å². The second-order valence-electron chi connectivity index (χ2n) is 4.97. The minimum atomic E-state index is -4.06. The number of halogens is 1. The normalized spacial score (nSPS) is 17.3. The van der Waals surface area contributed by atoms with Crippen LogP contribution in [0.2, 0.25) is 0 Å². The summed E-state index contributed by atoms with van der Waals surface area (Å²) in [4.78, 5) is 11.2. The fourth-order valence-corrected chi connectivity index (χ4v) is 3.84. The zero-order chi connectivity index (χ0) is 16.6. The molecule has 0 unspecified atom stereocenters. The Hall–Kier alpha value is -2.61. The van der Waals surface area contributed by atoms with Gasteiger partial charge in [0.25, 0.3) is 15.9 Å². The maximum absolute atomic E-state index is 13.4. The summed E-state index contributed by atoms with van der Waals surface area (Å²) in [5.41, 5.74) is 5.52. The highest BCUT2D eigenvalue weighted by Gasteiger charge is 2.36. The van der Waals surface area contributed by atoms with E-state index in [9.17, 15) is 17.6 Å². The topological polar surface area (TPSA) is 89.7 Å². The highest BCUT2D eigenvalue weighted by Crippen LogP contribution is 2.36. The van der Waals surface area contributed by atoms with Crippen molar-refractivity contribution in [3.8, 4) is 5.75 Å². The molecule has 1 amide bonds. The van der Waals surface area contributed by atoms with E-state index in [0.717, 1.165) is 16.4 Å². The van der Waals surface area contributed by atoms with Gasteiger partial charge in [0.2, 0.25) is 0 Å². The molecule has 2 N–H and O–H groups in total. The van der Waals surface area contributed by atoms with Crippen molar-refractivity contribution in [3.63, 3.8) is 0 Å². The molecule has 0 aromatic heterocycles. The molecule has 2 aromatic carbocycles. The Labute approximate surface area is 132 Å². The van der Waals surface area contributed by atoms with Gasteiger partial charge in [0.15, 0.2) is 6.10 Å². The van der Waals surface area contributed by atoms with Gasteiger partial charge in [-0.15, -0.1) is 0 Å². The van der Waals surface area contributed by atoms with Crippen LogP contribution in [0, 0.1) is 5.82 Å². The first-order valence-electron chi connectivity index (χ1n) is 6.73. The number of carbonyl (C=O) groups excluding carboxylic acids is 1. The van der Waals surface area contributed by atoms with Crippen LogP contribution in [0.15, 0.2) is 53.4 Å². The smallest absolute Gasteiger partial charge is 0.264 e. The Balaban J connectivity index is 2.12. The van der Waals surface area contributed by atoms with Gasteiger partial charge >= 0.3 is 0 Å². The number of anilines is 1. The van der Waals surface area contributed by atoms with Crippen LogP contribution in [0.5, 0.6) is 5.75 Å². The molecule has 0 radical (unpaired) electrons. The van der Waals surface area contributed by atoms with E-state index in [-0.39, 0.29) is 22.9 Å². The molecule has 23 heavy (non-hydrogen) atoms. The first-order chi connectivity index (χ1) is 10.9. The van der Waals surface area contributed by atoms with E-state index >= 15 is 0 Å². The van der Waals surface area contributed by atoms with E-state index in [2.05, 4.69) is 0 Å². The van der Waals surface area contributed by atoms with Gasteiger partial charge in [-0.2, -0.15) is 0 Å². The van der Waals surface area contributed by atoms with Gasteiger partial charge < -0.3 is 10.5 Å². The molecule has 1 aliphatic heterocycles. The summed E-state index contributed by atoms with van der Waals surface area (Å²) in [6.07, 6.45) is -1.12. The molecule has 3 rings (SSSR count). The van der Waals surface area contributed by atoms with Crippen molar-refractivity contribution < 1.29 is 22.3 Å². The summed E-state index contributed by atoms with van der Waals surface area (Å²) in [7, 11) is -4.06. The van der Waals surface area contributed by atoms with Crippen molar-refractivity contribution in [2.75, 3.05) is 10.8 Å². The number of hydrogen-bond acceptors (Lipinski definition) is 4. The summed E-state index contributed by atoms with van der Waals surface area (Å²) < 4.78 is 45.5. The number of para-hydroxylation sites is 2. The monoisotopic (exact) mass is 336 g/mol. The van der Waals surface area contributed by atoms with E-state index in [4.69, 9.17) is 10.5 Å². The number of amides is 1. The van der Waals surface area contributed by atoms with Crippen molar-refractivity contribution in [2.45, 2.75) is 11.0 Å². The third-order valence-electron chi connectivity index (χ3n) is 3.44. The Morgan fingerprint density at radius 1 is 1.22 bits per heavy atom. The van der Waals surface area contributed by atoms with Crippen LogP contribution in [0.25, 0.3) is 0 Å². The second kappa shape index (κ2) is 5.54. The average Bonchev–Trinajstić information content (AvgIpc) is 2.53. The number of ether oxygens (including phenoxy) is 1. The first-order valence-corrected chi connectivity index (χ1v) is 8.17. The van der Waals surface area contributed by atoms with E-state index in [0.29, 0.717) is 0 Å². The zero-order valence-electron chi connectivity index (χ0n) is 11.8. The highest BCUT2D eigenvalue weighted by molar-refractivity contribution is 7.92. The van der Waals surface area contributed by atoms with Gasteiger partial charge in [0.05, 0.1) is 17.1 Å². The van der Waals surface area contributed by atoms with Crippen molar-refractivity contribution in [1.82, 2.24) is 0 Å². The van der Waals surface area contributed by atoms with Crippen LogP contribution in [-0.2, 0) is 14.8 Å². The SMILES string of the molecule is NC(=O)[C@H]1CN(S(=O)(=O)c2cccc(F)c2)c2ccccc2O1. The Morgan fingerprint density at radius 3 is 2.65 bits per heavy atom. The fourth-order valence-electron chi connectivity index (χ4n) is 2.33. The molecule has 0 saturated carbocycles. The van der Waals surface area contributed by atoms with Gasteiger partial charge in [-0.1, -0.05) is 18.2 Å². The van der Waals surface area contributed by atoms with Crippen LogP contribution in [-0.4, -0.2) is 27.0 Å². The Bertz CT molecular complexity index is 869. The molecular weight excluding hydrogens is 323 g/mol. The third kappa shape index (κ3) is 2.72. The molecule has 1 aliphatic rings. The lowest BCUT2D eigenvalue weighted by atomic mass is 10.2. The number of nitrogens with two attached hydrogens (primary N) is 1. The van der Waals surface area contributed by atoms with E-state index in [1.165, 1.54) is 12.1 Å². The van der Waals surface area contributed by atoms with E-state index in [1.54, 1.807) is 24.3 Å². The van der Waals surface area contributed by atoms with Crippen molar-refractivity contribution >= 4 is 21.6 Å². The molecule has 0 spiro atoms. The lowest BCUT2D eigenvalue weighted by molar-refractivity contribution is -0.124. The van der Waals surface area contributed by atoms with Crippen LogP contribution < -0.4 is 14.8 Å². The molecule has 1 atom stereocenters. The highest BCUT2D eigenvalue weighted by atomic mass is 32.2. The molecule has 1 heterocycles. The number of sulfonamides is 1. The van der Waals surface area contributed by atoms with Gasteiger partial charge in [0.1, 0.15) is 11.6 Å². The van der Waals surface area contributed by atoms with Gasteiger partial charge in [-0.25, -0.2) is 12.8 Å². The summed E-state index contributed by atoms with van der Waals surface area (Å²) in [6.45, 7) is -0.273. The van der Waals surface area contributed by atoms with Gasteiger partial charge in [0, 0.05) is 0 Å². The summed E-state index contributed by atoms with van der Waals surface area (Å²) in [5, 5.41) is 0. The quantitative estimate of drug-likeness (QED) is 0.914. The van der Waals surface area contributed by atoms with Crippen molar-refractivity contribution in [2.24, 2.45) is 5.73 Å². The third-order valence-corrected chi connectivity index (χ3v) is 5.21. The standard InChI is InChI=1S/C15H13FN2O4S/c16-10-4-3-5-11(8-10)23(20,21)18-9-14(15(17)19)22-13-7-2-1-6-12(13)18/h1-8,14H,9H2,(H2,17,19)/t14-/m1/s1. The molecular formula is C15H13FN2O4S. The zero-order valence-corrected chi connectivity index (χ0v) is 12.7. The van der Waals surface area contributed by atoms with Crippen LogP contribution in [0.1, 0.15) is 0 Å². The number of primary amides is 1. The molecule has 6 nitrogen and oxygen atoms in total. The van der Waals surface area contributed by atoms with Gasteiger partial charge in [-0.05, 0) is 30.3 Å². The van der Waals surface area contributed by atoms with Gasteiger partial charge in [-0.3, -0.25) is 9.10 Å². The molecule has 0 fully saturated rings. The molecule has 0 aliphatic carbocycles. The second-order valence-corrected chi connectivity index (χ2v) is 6.83. The summed E-state index contributed by atoms with van der Waals surface area (Å²) in [6, 6.07) is 11.0. The average molecular weight is 336 g/mol. The number of fused-ring (bicyclic) bond motifs is 1. The lowest BCUT2D eigenvalue weighted by Crippen LogP contribution is -2.49. The molecule has 8 heteroatoms.